The molecule has 3 aliphatic rings. The maximum Gasteiger partial charge on any atom is 0.271 e. The van der Waals surface area contributed by atoms with Crippen molar-refractivity contribution in [1.82, 2.24) is 19.8 Å². The number of benzene rings is 2. The van der Waals surface area contributed by atoms with Crippen LogP contribution in [0.15, 0.2) is 48.5 Å². The summed E-state index contributed by atoms with van der Waals surface area (Å²) in [7, 11) is 6.19. The molecule has 0 aliphatic carbocycles. The van der Waals surface area contributed by atoms with Gasteiger partial charge < -0.3 is 35.8 Å². The lowest BCUT2D eigenvalue weighted by atomic mass is 10.0. The fourth-order valence-electron chi connectivity index (χ4n) is 6.65. The van der Waals surface area contributed by atoms with Gasteiger partial charge in [-0.3, -0.25) is 9.69 Å². The van der Waals surface area contributed by atoms with Crippen molar-refractivity contribution in [2.75, 3.05) is 94.1 Å². The van der Waals surface area contributed by atoms with Gasteiger partial charge in [-0.1, -0.05) is 18.2 Å². The van der Waals surface area contributed by atoms with Crippen LogP contribution in [0.5, 0.6) is 0 Å². The molecule has 3 fully saturated rings. The second-order valence-electron chi connectivity index (χ2n) is 12.7. The third kappa shape index (κ3) is 7.32. The molecule has 3 saturated heterocycles. The van der Waals surface area contributed by atoms with Crippen molar-refractivity contribution < 1.29 is 9.53 Å². The van der Waals surface area contributed by atoms with Gasteiger partial charge in [0.15, 0.2) is 17.3 Å². The molecule has 4 heterocycles. The van der Waals surface area contributed by atoms with E-state index in [0.717, 1.165) is 56.0 Å². The Morgan fingerprint density at radius 3 is 2.24 bits per heavy atom. The number of hydrogen-bond acceptors (Lipinski definition) is 10. The minimum absolute atomic E-state index is 0.103. The number of carbonyl (C=O) groups is 1. The monoisotopic (exact) mass is 613 g/mol. The zero-order valence-corrected chi connectivity index (χ0v) is 26.8. The number of rotatable bonds is 9. The molecule has 3 aromatic rings. The fourth-order valence-corrected chi connectivity index (χ4v) is 6.65. The van der Waals surface area contributed by atoms with Crippen LogP contribution in [-0.4, -0.2) is 111 Å². The van der Waals surface area contributed by atoms with Crippen LogP contribution in [0.3, 0.4) is 0 Å². The lowest BCUT2D eigenvalue weighted by molar-refractivity contribution is 0.0904. The second-order valence-corrected chi connectivity index (χ2v) is 12.7. The van der Waals surface area contributed by atoms with E-state index >= 15 is 0 Å². The first kappa shape index (κ1) is 31.1. The van der Waals surface area contributed by atoms with Gasteiger partial charge in [-0.2, -0.15) is 0 Å². The first-order chi connectivity index (χ1) is 21.9. The molecule has 0 bridgehead atoms. The molecule has 1 amide bonds. The lowest BCUT2D eigenvalue weighted by Gasteiger charge is -2.42. The van der Waals surface area contributed by atoms with E-state index in [4.69, 9.17) is 20.4 Å². The fraction of sp³-hybridized carbons (Fsp3) is 0.500. The van der Waals surface area contributed by atoms with E-state index in [1.54, 1.807) is 0 Å². The molecule has 0 unspecified atom stereocenters. The van der Waals surface area contributed by atoms with Crippen LogP contribution >= 0.6 is 0 Å². The molecule has 11 nitrogen and oxygen atoms in total. The summed E-state index contributed by atoms with van der Waals surface area (Å²) in [5, 5.41) is 6.96. The number of nitrogens with one attached hydrogen (secondary N) is 2. The Hall–Kier alpha value is -3.93. The number of aromatic nitrogens is 2. The molecule has 4 N–H and O–H groups in total. The van der Waals surface area contributed by atoms with Crippen molar-refractivity contribution in [3.8, 4) is 11.3 Å². The molecule has 11 heteroatoms. The molecule has 1 aromatic heterocycles. The first-order valence-corrected chi connectivity index (χ1v) is 16.2. The third-order valence-electron chi connectivity index (χ3n) is 9.35. The summed E-state index contributed by atoms with van der Waals surface area (Å²) >= 11 is 0. The number of hydrogen-bond donors (Lipinski definition) is 3. The smallest absolute Gasteiger partial charge is 0.271 e. The van der Waals surface area contributed by atoms with E-state index in [9.17, 15) is 4.79 Å². The van der Waals surface area contributed by atoms with E-state index in [-0.39, 0.29) is 11.7 Å². The van der Waals surface area contributed by atoms with E-state index in [1.807, 2.05) is 55.4 Å². The number of ether oxygens (including phenoxy) is 1. The van der Waals surface area contributed by atoms with Gasteiger partial charge in [0.1, 0.15) is 5.69 Å². The second kappa shape index (κ2) is 14.0. The Balaban J connectivity index is 1.22. The van der Waals surface area contributed by atoms with Crippen LogP contribution in [0, 0.1) is 0 Å². The Bertz CT molecular complexity index is 1440. The summed E-state index contributed by atoms with van der Waals surface area (Å²) in [6.07, 6.45) is 4.11. The van der Waals surface area contributed by atoms with Crippen LogP contribution in [0.1, 0.15) is 36.2 Å². The molecule has 0 spiro atoms. The number of para-hydroxylation sites is 1. The van der Waals surface area contributed by atoms with Crippen molar-refractivity contribution >= 4 is 34.6 Å². The summed E-state index contributed by atoms with van der Waals surface area (Å²) in [6, 6.07) is 17.2. The van der Waals surface area contributed by atoms with Gasteiger partial charge in [0.05, 0.1) is 0 Å². The normalized spacial score (nSPS) is 19.0. The Morgan fingerprint density at radius 2 is 1.58 bits per heavy atom. The lowest BCUT2D eigenvalue weighted by Crippen LogP contribution is -2.52. The largest absolute Gasteiger partial charge is 0.381 e. The van der Waals surface area contributed by atoms with Crippen molar-refractivity contribution in [2.24, 2.45) is 5.73 Å². The SMILES string of the molecule is CN1CCN(C2CCN(c3ccc(Nc4nc(NC5CCOCC5)c(-c5ccccc5N(C)C)nc4C(N)=O)cc3)CC2)CC1. The quantitative estimate of drug-likeness (QED) is 0.329. The number of carbonyl (C=O) groups excluding carboxylic acids is 1. The Kier molecular flexibility index (Phi) is 9.67. The summed E-state index contributed by atoms with van der Waals surface area (Å²) in [4.78, 5) is 32.2. The maximum atomic E-state index is 12.8. The minimum atomic E-state index is -0.633. The van der Waals surface area contributed by atoms with Crippen LogP contribution < -0.4 is 26.2 Å². The number of likely N-dealkylation sites (N-methyl/N-ethyl adjacent to an activating group) is 1. The average Bonchev–Trinajstić information content (AvgIpc) is 3.06. The highest BCUT2D eigenvalue weighted by atomic mass is 16.5. The number of primary amides is 1. The minimum Gasteiger partial charge on any atom is -0.381 e. The van der Waals surface area contributed by atoms with Crippen molar-refractivity contribution in [2.45, 2.75) is 37.8 Å². The molecule has 0 atom stereocenters. The van der Waals surface area contributed by atoms with Gasteiger partial charge in [0, 0.05) is 101 Å². The van der Waals surface area contributed by atoms with Crippen molar-refractivity contribution in [3.05, 3.63) is 54.2 Å². The number of nitrogens with two attached hydrogens (primary N) is 1. The van der Waals surface area contributed by atoms with Crippen LogP contribution in [-0.2, 0) is 4.74 Å². The van der Waals surface area contributed by atoms with Gasteiger partial charge in [-0.25, -0.2) is 9.97 Å². The van der Waals surface area contributed by atoms with Gasteiger partial charge in [-0.05, 0) is 63.1 Å². The van der Waals surface area contributed by atoms with Gasteiger partial charge in [0.2, 0.25) is 0 Å². The highest BCUT2D eigenvalue weighted by Gasteiger charge is 2.27. The highest BCUT2D eigenvalue weighted by Crippen LogP contribution is 2.36. The van der Waals surface area contributed by atoms with E-state index in [0.29, 0.717) is 36.6 Å². The zero-order chi connectivity index (χ0) is 31.3. The highest BCUT2D eigenvalue weighted by molar-refractivity contribution is 5.98. The average molecular weight is 614 g/mol. The predicted octanol–water partition coefficient (Wildman–Crippen LogP) is 3.86. The molecule has 45 heavy (non-hydrogen) atoms. The number of amides is 1. The Morgan fingerprint density at radius 1 is 0.889 bits per heavy atom. The summed E-state index contributed by atoms with van der Waals surface area (Å²) in [5.74, 6) is 0.318. The van der Waals surface area contributed by atoms with Crippen molar-refractivity contribution in [1.29, 1.82) is 0 Å². The first-order valence-electron chi connectivity index (χ1n) is 16.2. The molecular weight excluding hydrogens is 566 g/mol. The summed E-state index contributed by atoms with van der Waals surface area (Å²) in [6.45, 7) is 8.17. The van der Waals surface area contributed by atoms with E-state index in [2.05, 4.69) is 44.5 Å². The van der Waals surface area contributed by atoms with Crippen LogP contribution in [0.4, 0.5) is 28.7 Å². The van der Waals surface area contributed by atoms with E-state index < -0.39 is 5.91 Å². The molecule has 3 aliphatic heterocycles. The topological polar surface area (TPSA) is 115 Å². The standard InChI is InChI=1S/C34H47N9O2/c1-40(2)29-7-5-4-6-28(29)30-33(37-25-14-22-45-23-15-25)39-34(31(38-30)32(35)44)36-24-8-10-26(11-9-24)42-16-12-27(13-17-42)43-20-18-41(3)19-21-43/h4-11,25,27H,12-23H2,1-3H3,(H2,35,44)(H2,36,37,39). The van der Waals surface area contributed by atoms with Crippen LogP contribution in [0.2, 0.25) is 0 Å². The van der Waals surface area contributed by atoms with Gasteiger partial charge in [0.25, 0.3) is 5.91 Å². The van der Waals surface area contributed by atoms with Crippen molar-refractivity contribution in [3.63, 3.8) is 0 Å². The third-order valence-corrected chi connectivity index (χ3v) is 9.35. The molecule has 0 saturated carbocycles. The summed E-state index contributed by atoms with van der Waals surface area (Å²) in [5.41, 5.74) is 10.5. The summed E-state index contributed by atoms with van der Waals surface area (Å²) < 4.78 is 5.58. The molecule has 6 rings (SSSR count). The predicted molar refractivity (Wildman–Crippen MR) is 182 cm³/mol. The number of nitrogens with zero attached hydrogens (tertiary/aromatic N) is 6. The molecular formula is C34H47N9O2. The van der Waals surface area contributed by atoms with Crippen LogP contribution in [0.25, 0.3) is 11.3 Å². The van der Waals surface area contributed by atoms with Gasteiger partial charge >= 0.3 is 0 Å². The van der Waals surface area contributed by atoms with Gasteiger partial charge in [-0.15, -0.1) is 0 Å². The van der Waals surface area contributed by atoms with E-state index in [1.165, 1.54) is 31.6 Å². The number of piperidine rings is 1. The molecule has 0 radical (unpaired) electrons. The zero-order valence-electron chi connectivity index (χ0n) is 26.8. The number of anilines is 5. The Labute approximate surface area is 266 Å². The molecule has 2 aromatic carbocycles. The maximum absolute atomic E-state index is 12.8. The molecule has 240 valence electrons. The number of piperazine rings is 1.